The number of amides is 2. The molecule has 2 rings (SSSR count). The molecule has 0 aliphatic carbocycles. The summed E-state index contributed by atoms with van der Waals surface area (Å²) in [6, 6.07) is 13.2. The molecule has 0 saturated heterocycles. The molecule has 0 heterocycles. The van der Waals surface area contributed by atoms with Crippen LogP contribution in [-0.2, 0) is 16.2 Å². The summed E-state index contributed by atoms with van der Waals surface area (Å²) < 4.78 is 18.8. The Balaban J connectivity index is 1.86. The van der Waals surface area contributed by atoms with Crippen LogP contribution in [0.4, 0.5) is 4.39 Å². The Morgan fingerprint density at radius 2 is 1.93 bits per heavy atom. The highest BCUT2D eigenvalue weighted by atomic mass is 19.1. The zero-order chi connectivity index (χ0) is 19.6. The fourth-order valence-corrected chi connectivity index (χ4v) is 2.07. The predicted molar refractivity (Wildman–Crippen MR) is 101 cm³/mol. The largest absolute Gasteiger partial charge is 0.489 e. The van der Waals surface area contributed by atoms with Crippen molar-refractivity contribution in [2.24, 2.45) is 11.0 Å². The van der Waals surface area contributed by atoms with Gasteiger partial charge >= 0.3 is 11.8 Å². The van der Waals surface area contributed by atoms with Gasteiger partial charge in [0.2, 0.25) is 0 Å². The van der Waals surface area contributed by atoms with Gasteiger partial charge in [-0.25, -0.2) is 9.82 Å². The van der Waals surface area contributed by atoms with E-state index in [1.807, 2.05) is 13.8 Å². The van der Waals surface area contributed by atoms with Gasteiger partial charge in [0.15, 0.2) is 0 Å². The van der Waals surface area contributed by atoms with Crippen molar-refractivity contribution in [1.29, 1.82) is 0 Å². The van der Waals surface area contributed by atoms with E-state index < -0.39 is 11.8 Å². The molecule has 142 valence electrons. The molecule has 0 unspecified atom stereocenters. The van der Waals surface area contributed by atoms with Gasteiger partial charge in [0.25, 0.3) is 0 Å². The third-order valence-corrected chi connectivity index (χ3v) is 3.41. The first-order valence-electron chi connectivity index (χ1n) is 8.52. The number of carbonyl (C=O) groups excluding carboxylic acids is 2. The Hall–Kier alpha value is -3.22. The molecular formula is C20H22FN3O3. The Morgan fingerprint density at radius 3 is 2.67 bits per heavy atom. The van der Waals surface area contributed by atoms with Crippen molar-refractivity contribution in [2.75, 3.05) is 6.54 Å². The minimum Gasteiger partial charge on any atom is -0.489 e. The Bertz CT molecular complexity index is 822. The number of nitrogens with zero attached hydrogens (tertiary/aromatic N) is 1. The molecule has 27 heavy (non-hydrogen) atoms. The first-order chi connectivity index (χ1) is 12.9. The molecule has 2 amide bonds. The minimum atomic E-state index is -0.828. The molecule has 0 atom stereocenters. The zero-order valence-electron chi connectivity index (χ0n) is 15.2. The highest BCUT2D eigenvalue weighted by Crippen LogP contribution is 2.14. The number of benzene rings is 2. The number of ether oxygens (including phenoxy) is 1. The topological polar surface area (TPSA) is 79.8 Å². The maximum absolute atomic E-state index is 13.2. The van der Waals surface area contributed by atoms with Crippen LogP contribution in [0.5, 0.6) is 5.75 Å². The summed E-state index contributed by atoms with van der Waals surface area (Å²) in [6.07, 6.45) is 1.41. The van der Waals surface area contributed by atoms with E-state index in [2.05, 4.69) is 15.8 Å². The summed E-state index contributed by atoms with van der Waals surface area (Å²) in [7, 11) is 0. The number of nitrogens with one attached hydrogen (secondary N) is 2. The lowest BCUT2D eigenvalue weighted by atomic mass is 10.2. The first-order valence-corrected chi connectivity index (χ1v) is 8.52. The molecule has 0 fully saturated rings. The number of hydrazone groups is 1. The lowest BCUT2D eigenvalue weighted by Gasteiger charge is -2.07. The molecule has 2 N–H and O–H groups in total. The van der Waals surface area contributed by atoms with E-state index in [4.69, 9.17) is 4.74 Å². The van der Waals surface area contributed by atoms with Crippen molar-refractivity contribution < 1.29 is 18.7 Å². The number of hydrogen-bond donors (Lipinski definition) is 2. The van der Waals surface area contributed by atoms with E-state index >= 15 is 0 Å². The van der Waals surface area contributed by atoms with Gasteiger partial charge in [0.1, 0.15) is 18.2 Å². The van der Waals surface area contributed by atoms with Crippen LogP contribution >= 0.6 is 0 Å². The average molecular weight is 371 g/mol. The van der Waals surface area contributed by atoms with Crippen molar-refractivity contribution in [2.45, 2.75) is 20.5 Å². The van der Waals surface area contributed by atoms with E-state index in [-0.39, 0.29) is 18.3 Å². The van der Waals surface area contributed by atoms with Crippen molar-refractivity contribution >= 4 is 18.0 Å². The van der Waals surface area contributed by atoms with Crippen molar-refractivity contribution in [3.63, 3.8) is 0 Å². The average Bonchev–Trinajstić information content (AvgIpc) is 2.64. The van der Waals surface area contributed by atoms with Gasteiger partial charge in [-0.05, 0) is 41.3 Å². The Morgan fingerprint density at radius 1 is 1.15 bits per heavy atom. The van der Waals surface area contributed by atoms with Crippen molar-refractivity contribution in [1.82, 2.24) is 10.7 Å². The van der Waals surface area contributed by atoms with E-state index in [1.54, 1.807) is 36.4 Å². The summed E-state index contributed by atoms with van der Waals surface area (Å²) >= 11 is 0. The minimum absolute atomic E-state index is 0.227. The molecule has 0 aliphatic rings. The highest BCUT2D eigenvalue weighted by molar-refractivity contribution is 6.35. The molecule has 0 saturated carbocycles. The fourth-order valence-electron chi connectivity index (χ4n) is 2.07. The van der Waals surface area contributed by atoms with Crippen molar-refractivity contribution in [3.8, 4) is 5.75 Å². The SMILES string of the molecule is CC(C)CNC(=O)C(=O)N/N=C\c1cccc(OCc2cccc(F)c2)c1. The first kappa shape index (κ1) is 20.1. The van der Waals surface area contributed by atoms with E-state index in [0.717, 1.165) is 0 Å². The standard InChI is InChI=1S/C20H22FN3O3/c1-14(2)11-22-19(25)20(26)24-23-12-15-5-4-8-18(10-15)27-13-16-6-3-7-17(21)9-16/h3-10,12,14H,11,13H2,1-2H3,(H,22,25)(H,24,26)/b23-12-. The quantitative estimate of drug-likeness (QED) is 0.446. The lowest BCUT2D eigenvalue weighted by Crippen LogP contribution is -2.39. The normalized spacial score (nSPS) is 10.8. The fraction of sp³-hybridized carbons (Fsp3) is 0.250. The van der Waals surface area contributed by atoms with Crippen LogP contribution in [-0.4, -0.2) is 24.6 Å². The second-order valence-electron chi connectivity index (χ2n) is 6.29. The van der Waals surface area contributed by atoms with Gasteiger partial charge in [-0.15, -0.1) is 0 Å². The maximum atomic E-state index is 13.2. The van der Waals surface area contributed by atoms with E-state index in [0.29, 0.717) is 23.4 Å². The van der Waals surface area contributed by atoms with Gasteiger partial charge in [-0.2, -0.15) is 5.10 Å². The maximum Gasteiger partial charge on any atom is 0.329 e. The molecule has 0 radical (unpaired) electrons. The van der Waals surface area contributed by atoms with Crippen LogP contribution in [0.25, 0.3) is 0 Å². The number of hydrogen-bond acceptors (Lipinski definition) is 4. The smallest absolute Gasteiger partial charge is 0.329 e. The second kappa shape index (κ2) is 10.1. The predicted octanol–water partition coefficient (Wildman–Crippen LogP) is 2.63. The number of carbonyl (C=O) groups is 2. The molecule has 0 bridgehead atoms. The highest BCUT2D eigenvalue weighted by Gasteiger charge is 2.12. The number of halogens is 1. The van der Waals surface area contributed by atoms with Gasteiger partial charge in [-0.3, -0.25) is 9.59 Å². The third-order valence-electron chi connectivity index (χ3n) is 3.41. The van der Waals surface area contributed by atoms with E-state index in [1.165, 1.54) is 18.3 Å². The molecule has 7 heteroatoms. The monoisotopic (exact) mass is 371 g/mol. The summed E-state index contributed by atoms with van der Waals surface area (Å²) in [5, 5.41) is 6.27. The zero-order valence-corrected chi connectivity index (χ0v) is 15.2. The van der Waals surface area contributed by atoms with Crippen LogP contribution in [0.1, 0.15) is 25.0 Å². The van der Waals surface area contributed by atoms with Crippen LogP contribution in [0, 0.1) is 11.7 Å². The van der Waals surface area contributed by atoms with Gasteiger partial charge in [0.05, 0.1) is 6.21 Å². The third kappa shape index (κ3) is 7.27. The van der Waals surface area contributed by atoms with Crippen LogP contribution < -0.4 is 15.5 Å². The molecular weight excluding hydrogens is 349 g/mol. The van der Waals surface area contributed by atoms with Crippen molar-refractivity contribution in [3.05, 3.63) is 65.5 Å². The summed E-state index contributed by atoms with van der Waals surface area (Å²) in [4.78, 5) is 23.2. The lowest BCUT2D eigenvalue weighted by molar-refractivity contribution is -0.139. The Kier molecular flexibility index (Phi) is 7.49. The van der Waals surface area contributed by atoms with Gasteiger partial charge < -0.3 is 10.1 Å². The summed E-state index contributed by atoms with van der Waals surface area (Å²) in [5.74, 6) is -1.05. The molecule has 0 aliphatic heterocycles. The summed E-state index contributed by atoms with van der Waals surface area (Å²) in [6.45, 7) is 4.51. The second-order valence-corrected chi connectivity index (χ2v) is 6.29. The number of rotatable bonds is 7. The molecule has 6 nitrogen and oxygen atoms in total. The Labute approximate surface area is 157 Å². The van der Waals surface area contributed by atoms with Crippen LogP contribution in [0.3, 0.4) is 0 Å². The van der Waals surface area contributed by atoms with Gasteiger partial charge in [0, 0.05) is 6.54 Å². The van der Waals surface area contributed by atoms with Crippen LogP contribution in [0.2, 0.25) is 0 Å². The van der Waals surface area contributed by atoms with E-state index in [9.17, 15) is 14.0 Å². The molecule has 0 aromatic heterocycles. The van der Waals surface area contributed by atoms with Crippen LogP contribution in [0.15, 0.2) is 53.6 Å². The molecule has 2 aromatic rings. The molecule has 0 spiro atoms. The van der Waals surface area contributed by atoms with Gasteiger partial charge in [-0.1, -0.05) is 38.1 Å². The molecule has 2 aromatic carbocycles. The summed E-state index contributed by atoms with van der Waals surface area (Å²) in [5.41, 5.74) is 3.57.